The van der Waals surface area contributed by atoms with Crippen LogP contribution in [0.2, 0.25) is 5.02 Å². The molecule has 1 N–H and O–H groups in total. The Morgan fingerprint density at radius 2 is 1.83 bits per heavy atom. The van der Waals surface area contributed by atoms with E-state index in [0.717, 1.165) is 11.1 Å². The van der Waals surface area contributed by atoms with E-state index in [4.69, 9.17) is 21.6 Å². The number of benzene rings is 2. The van der Waals surface area contributed by atoms with Gasteiger partial charge in [0, 0.05) is 5.02 Å². The van der Waals surface area contributed by atoms with Gasteiger partial charge in [0.2, 0.25) is 0 Å². The van der Waals surface area contributed by atoms with E-state index in [-0.39, 0.29) is 11.3 Å². The summed E-state index contributed by atoms with van der Waals surface area (Å²) in [5.74, 6) is -1.13. The summed E-state index contributed by atoms with van der Waals surface area (Å²) in [5.41, 5.74) is 2.81. The van der Waals surface area contributed by atoms with Crippen molar-refractivity contribution in [1.82, 2.24) is 0 Å². The van der Waals surface area contributed by atoms with Gasteiger partial charge in [-0.25, -0.2) is 4.79 Å². The van der Waals surface area contributed by atoms with Crippen molar-refractivity contribution in [1.29, 1.82) is 5.26 Å². The zero-order valence-electron chi connectivity index (χ0n) is 13.2. The third-order valence-corrected chi connectivity index (χ3v) is 3.40. The van der Waals surface area contributed by atoms with E-state index in [2.05, 4.69) is 5.32 Å². The second kappa shape index (κ2) is 7.62. The minimum absolute atomic E-state index is 0.272. The molecule has 0 bridgehead atoms. The Morgan fingerprint density at radius 3 is 2.46 bits per heavy atom. The molecule has 0 atom stereocenters. The normalized spacial score (nSPS) is 9.92. The van der Waals surface area contributed by atoms with Crippen LogP contribution in [-0.4, -0.2) is 18.5 Å². The number of ether oxygens (including phenoxy) is 1. The Kier molecular flexibility index (Phi) is 5.56. The van der Waals surface area contributed by atoms with Crippen molar-refractivity contribution in [2.75, 3.05) is 11.9 Å². The van der Waals surface area contributed by atoms with Gasteiger partial charge in [-0.15, -0.1) is 0 Å². The molecule has 0 aliphatic heterocycles. The number of halogens is 1. The van der Waals surface area contributed by atoms with Gasteiger partial charge in [0.25, 0.3) is 5.91 Å². The quantitative estimate of drug-likeness (QED) is 0.860. The van der Waals surface area contributed by atoms with E-state index in [1.54, 1.807) is 18.2 Å². The molecule has 0 aliphatic rings. The maximum Gasteiger partial charge on any atom is 0.338 e. The Labute approximate surface area is 144 Å². The second-order valence-electron chi connectivity index (χ2n) is 5.30. The summed E-state index contributed by atoms with van der Waals surface area (Å²) in [5, 5.41) is 11.9. The van der Waals surface area contributed by atoms with E-state index < -0.39 is 18.5 Å². The van der Waals surface area contributed by atoms with Gasteiger partial charge in [-0.05, 0) is 44.2 Å². The maximum absolute atomic E-state index is 12.0. The van der Waals surface area contributed by atoms with Crippen molar-refractivity contribution in [3.63, 3.8) is 0 Å². The smallest absolute Gasteiger partial charge is 0.338 e. The van der Waals surface area contributed by atoms with Crippen molar-refractivity contribution >= 4 is 29.2 Å². The molecular formula is C18H15ClN2O3. The van der Waals surface area contributed by atoms with Crippen molar-refractivity contribution in [2.24, 2.45) is 0 Å². The lowest BCUT2D eigenvalue weighted by atomic mass is 10.1. The first-order valence-electron chi connectivity index (χ1n) is 7.14. The fourth-order valence-corrected chi connectivity index (χ4v) is 2.38. The van der Waals surface area contributed by atoms with Crippen LogP contribution in [0.4, 0.5) is 5.69 Å². The molecule has 0 aromatic heterocycles. The van der Waals surface area contributed by atoms with Gasteiger partial charge in [-0.3, -0.25) is 4.79 Å². The second-order valence-corrected chi connectivity index (χ2v) is 5.74. The topological polar surface area (TPSA) is 79.2 Å². The molecule has 0 radical (unpaired) electrons. The molecule has 1 amide bonds. The summed E-state index contributed by atoms with van der Waals surface area (Å²) in [6, 6.07) is 11.8. The molecule has 2 aromatic rings. The van der Waals surface area contributed by atoms with E-state index in [1.807, 2.05) is 26.0 Å². The van der Waals surface area contributed by atoms with Gasteiger partial charge in [-0.2, -0.15) is 5.26 Å². The number of esters is 1. The van der Waals surface area contributed by atoms with Crippen LogP contribution in [-0.2, 0) is 9.53 Å². The minimum Gasteiger partial charge on any atom is -0.452 e. The lowest BCUT2D eigenvalue weighted by Gasteiger charge is -2.09. The highest BCUT2D eigenvalue weighted by Gasteiger charge is 2.13. The summed E-state index contributed by atoms with van der Waals surface area (Å²) in [6.45, 7) is 3.29. The highest BCUT2D eigenvalue weighted by molar-refractivity contribution is 6.31. The molecule has 0 heterocycles. The summed E-state index contributed by atoms with van der Waals surface area (Å²) in [7, 11) is 0. The van der Waals surface area contributed by atoms with Crippen LogP contribution < -0.4 is 5.32 Å². The largest absolute Gasteiger partial charge is 0.452 e. The molecule has 0 saturated carbocycles. The van der Waals surface area contributed by atoms with Crippen LogP contribution in [0.3, 0.4) is 0 Å². The van der Waals surface area contributed by atoms with Gasteiger partial charge >= 0.3 is 5.97 Å². The molecular weight excluding hydrogens is 328 g/mol. The summed E-state index contributed by atoms with van der Waals surface area (Å²) in [4.78, 5) is 23.9. The standard InChI is InChI=1S/C18H15ClN2O3/c1-11-5-12(2)7-14(6-11)18(23)24-10-17(22)21-16-8-15(19)4-3-13(16)9-20/h3-8H,10H2,1-2H3,(H,21,22). The van der Waals surface area contributed by atoms with Gasteiger partial charge in [-0.1, -0.05) is 28.8 Å². The van der Waals surface area contributed by atoms with E-state index in [0.29, 0.717) is 10.6 Å². The predicted molar refractivity (Wildman–Crippen MR) is 91.0 cm³/mol. The number of nitrogens with one attached hydrogen (secondary N) is 1. The SMILES string of the molecule is Cc1cc(C)cc(C(=O)OCC(=O)Nc2cc(Cl)ccc2C#N)c1. The molecule has 0 fully saturated rings. The lowest BCUT2D eigenvalue weighted by molar-refractivity contribution is -0.119. The van der Waals surface area contributed by atoms with Crippen LogP contribution in [0.25, 0.3) is 0 Å². The fourth-order valence-electron chi connectivity index (χ4n) is 2.21. The van der Waals surface area contributed by atoms with Crippen LogP contribution >= 0.6 is 11.6 Å². The monoisotopic (exact) mass is 342 g/mol. The highest BCUT2D eigenvalue weighted by atomic mass is 35.5. The Morgan fingerprint density at radius 1 is 1.17 bits per heavy atom. The van der Waals surface area contributed by atoms with E-state index in [9.17, 15) is 9.59 Å². The van der Waals surface area contributed by atoms with Crippen molar-refractivity contribution in [3.8, 4) is 6.07 Å². The zero-order chi connectivity index (χ0) is 17.7. The highest BCUT2D eigenvalue weighted by Crippen LogP contribution is 2.20. The number of hydrogen-bond acceptors (Lipinski definition) is 4. The molecule has 2 rings (SSSR count). The number of anilines is 1. The summed E-state index contributed by atoms with van der Waals surface area (Å²) < 4.78 is 5.01. The third-order valence-electron chi connectivity index (χ3n) is 3.17. The molecule has 2 aromatic carbocycles. The fraction of sp³-hybridized carbons (Fsp3) is 0.167. The van der Waals surface area contributed by atoms with Crippen molar-refractivity contribution < 1.29 is 14.3 Å². The molecule has 0 saturated heterocycles. The molecule has 6 heteroatoms. The number of hydrogen-bond donors (Lipinski definition) is 1. The summed E-state index contributed by atoms with van der Waals surface area (Å²) >= 11 is 5.85. The molecule has 0 spiro atoms. The summed E-state index contributed by atoms with van der Waals surface area (Å²) in [6.07, 6.45) is 0. The van der Waals surface area contributed by atoms with E-state index >= 15 is 0 Å². The van der Waals surface area contributed by atoms with Crippen LogP contribution in [0.5, 0.6) is 0 Å². The molecule has 24 heavy (non-hydrogen) atoms. The predicted octanol–water partition coefficient (Wildman–Crippen LogP) is 3.62. The zero-order valence-corrected chi connectivity index (χ0v) is 14.0. The Hall–Kier alpha value is -2.84. The van der Waals surface area contributed by atoms with Gasteiger partial charge in [0.15, 0.2) is 6.61 Å². The first-order valence-corrected chi connectivity index (χ1v) is 7.52. The Balaban J connectivity index is 2.00. The molecule has 0 unspecified atom stereocenters. The maximum atomic E-state index is 12.0. The first-order chi connectivity index (χ1) is 11.4. The Bertz CT molecular complexity index is 820. The van der Waals surface area contributed by atoms with Crippen LogP contribution in [0.15, 0.2) is 36.4 Å². The number of amides is 1. The van der Waals surface area contributed by atoms with Gasteiger partial charge < -0.3 is 10.1 Å². The number of carbonyl (C=O) groups is 2. The minimum atomic E-state index is -0.580. The lowest BCUT2D eigenvalue weighted by Crippen LogP contribution is -2.21. The molecule has 5 nitrogen and oxygen atoms in total. The van der Waals surface area contributed by atoms with Crippen LogP contribution in [0.1, 0.15) is 27.0 Å². The van der Waals surface area contributed by atoms with Crippen molar-refractivity contribution in [2.45, 2.75) is 13.8 Å². The first kappa shape index (κ1) is 17.5. The third kappa shape index (κ3) is 4.58. The number of carbonyl (C=O) groups excluding carboxylic acids is 2. The van der Waals surface area contributed by atoms with Gasteiger partial charge in [0.05, 0.1) is 16.8 Å². The van der Waals surface area contributed by atoms with Crippen molar-refractivity contribution in [3.05, 3.63) is 63.7 Å². The number of aryl methyl sites for hydroxylation is 2. The molecule has 122 valence electrons. The molecule has 0 aliphatic carbocycles. The number of nitrogens with zero attached hydrogens (tertiary/aromatic N) is 1. The average Bonchev–Trinajstić information content (AvgIpc) is 2.52. The van der Waals surface area contributed by atoms with Gasteiger partial charge in [0.1, 0.15) is 6.07 Å². The van der Waals surface area contributed by atoms with E-state index in [1.165, 1.54) is 12.1 Å². The average molecular weight is 343 g/mol. The van der Waals surface area contributed by atoms with Crippen LogP contribution in [0, 0.1) is 25.2 Å². The number of nitriles is 1. The number of rotatable bonds is 4.